The van der Waals surface area contributed by atoms with Gasteiger partial charge in [0.2, 0.25) is 0 Å². The first-order valence-electron chi connectivity index (χ1n) is 7.10. The number of aryl methyl sites for hydroxylation is 1. The maximum Gasteiger partial charge on any atom is 0.0344 e. The van der Waals surface area contributed by atoms with Crippen LogP contribution >= 0.6 is 0 Å². The molecule has 0 aliphatic carbocycles. The zero-order chi connectivity index (χ0) is 13.0. The van der Waals surface area contributed by atoms with Crippen LogP contribution in [0.15, 0.2) is 24.3 Å². The molecule has 0 saturated carbocycles. The molecule has 1 unspecified atom stereocenters. The molecule has 2 nitrogen and oxygen atoms in total. The summed E-state index contributed by atoms with van der Waals surface area (Å²) in [5.41, 5.74) is 2.81. The Morgan fingerprint density at radius 1 is 1.17 bits per heavy atom. The Kier molecular flexibility index (Phi) is 4.79. The lowest BCUT2D eigenvalue weighted by molar-refractivity contribution is 0.223. The molecule has 2 rings (SSSR count). The van der Waals surface area contributed by atoms with Gasteiger partial charge in [0, 0.05) is 6.04 Å². The minimum absolute atomic E-state index is 0.564. The van der Waals surface area contributed by atoms with E-state index < -0.39 is 0 Å². The summed E-state index contributed by atoms with van der Waals surface area (Å²) in [6, 6.07) is 9.61. The maximum atomic E-state index is 3.45. The van der Waals surface area contributed by atoms with E-state index in [-0.39, 0.29) is 0 Å². The highest BCUT2D eigenvalue weighted by molar-refractivity contribution is 5.24. The summed E-state index contributed by atoms with van der Waals surface area (Å²) in [5.74, 6) is 0.875. The van der Waals surface area contributed by atoms with Gasteiger partial charge >= 0.3 is 0 Å². The van der Waals surface area contributed by atoms with Crippen molar-refractivity contribution >= 4 is 0 Å². The summed E-state index contributed by atoms with van der Waals surface area (Å²) in [4.78, 5) is 2.37. The van der Waals surface area contributed by atoms with Gasteiger partial charge in [-0.1, -0.05) is 29.8 Å². The molecule has 1 aliphatic rings. The standard InChI is InChI=1S/C16H26N2/c1-13-4-6-15(7-5-13)16(18(2)3)12-14-8-10-17-11-9-14/h4-7,14,16-17H,8-12H2,1-3H3. The van der Waals surface area contributed by atoms with Crippen molar-refractivity contribution in [1.29, 1.82) is 0 Å². The number of piperidine rings is 1. The average Bonchev–Trinajstić information content (AvgIpc) is 2.38. The van der Waals surface area contributed by atoms with E-state index in [0.29, 0.717) is 6.04 Å². The average molecular weight is 246 g/mol. The predicted octanol–water partition coefficient (Wildman–Crippen LogP) is 2.99. The van der Waals surface area contributed by atoms with E-state index in [9.17, 15) is 0 Å². The molecule has 1 aliphatic heterocycles. The van der Waals surface area contributed by atoms with Crippen LogP contribution < -0.4 is 5.32 Å². The molecule has 0 aromatic heterocycles. The highest BCUT2D eigenvalue weighted by Gasteiger charge is 2.21. The van der Waals surface area contributed by atoms with Crippen LogP contribution in [-0.2, 0) is 0 Å². The quantitative estimate of drug-likeness (QED) is 0.878. The zero-order valence-corrected chi connectivity index (χ0v) is 11.9. The highest BCUT2D eigenvalue weighted by Crippen LogP contribution is 2.29. The van der Waals surface area contributed by atoms with Gasteiger partial charge in [-0.05, 0) is 64.9 Å². The maximum absolute atomic E-state index is 3.45. The number of nitrogens with one attached hydrogen (secondary N) is 1. The molecule has 0 radical (unpaired) electrons. The molecule has 1 N–H and O–H groups in total. The Balaban J connectivity index is 2.05. The van der Waals surface area contributed by atoms with Crippen molar-refractivity contribution in [3.8, 4) is 0 Å². The van der Waals surface area contributed by atoms with Crippen LogP contribution in [0.5, 0.6) is 0 Å². The van der Waals surface area contributed by atoms with Gasteiger partial charge in [-0.15, -0.1) is 0 Å². The third-order valence-corrected chi connectivity index (χ3v) is 4.10. The molecule has 0 bridgehead atoms. The first kappa shape index (κ1) is 13.6. The second-order valence-corrected chi connectivity index (χ2v) is 5.82. The van der Waals surface area contributed by atoms with Crippen molar-refractivity contribution in [1.82, 2.24) is 10.2 Å². The topological polar surface area (TPSA) is 15.3 Å². The Hall–Kier alpha value is -0.860. The largest absolute Gasteiger partial charge is 0.317 e. The van der Waals surface area contributed by atoms with Crippen LogP contribution in [0.4, 0.5) is 0 Å². The van der Waals surface area contributed by atoms with E-state index in [1.807, 2.05) is 0 Å². The SMILES string of the molecule is Cc1ccc(C(CC2CCNCC2)N(C)C)cc1. The van der Waals surface area contributed by atoms with Crippen LogP contribution in [-0.4, -0.2) is 32.1 Å². The van der Waals surface area contributed by atoms with Gasteiger partial charge in [0.1, 0.15) is 0 Å². The van der Waals surface area contributed by atoms with Crippen molar-refractivity contribution in [2.24, 2.45) is 5.92 Å². The highest BCUT2D eigenvalue weighted by atomic mass is 15.1. The second kappa shape index (κ2) is 6.35. The Morgan fingerprint density at radius 2 is 1.78 bits per heavy atom. The van der Waals surface area contributed by atoms with E-state index in [2.05, 4.69) is 55.5 Å². The van der Waals surface area contributed by atoms with Crippen LogP contribution in [0, 0.1) is 12.8 Å². The van der Waals surface area contributed by atoms with E-state index >= 15 is 0 Å². The summed E-state index contributed by atoms with van der Waals surface area (Å²) >= 11 is 0. The summed E-state index contributed by atoms with van der Waals surface area (Å²) in [5, 5.41) is 3.45. The normalized spacial score (nSPS) is 19.1. The molecule has 1 saturated heterocycles. The molecule has 1 atom stereocenters. The number of rotatable bonds is 4. The van der Waals surface area contributed by atoms with Crippen LogP contribution in [0.2, 0.25) is 0 Å². The lowest BCUT2D eigenvalue weighted by Gasteiger charge is -2.31. The van der Waals surface area contributed by atoms with Gasteiger partial charge in [-0.25, -0.2) is 0 Å². The Labute approximate surface area is 111 Å². The molecule has 1 aromatic rings. The molecule has 18 heavy (non-hydrogen) atoms. The fraction of sp³-hybridized carbons (Fsp3) is 0.625. The fourth-order valence-electron chi connectivity index (χ4n) is 2.87. The van der Waals surface area contributed by atoms with E-state index in [1.54, 1.807) is 0 Å². The lowest BCUT2D eigenvalue weighted by Crippen LogP contribution is -2.31. The summed E-state index contributed by atoms with van der Waals surface area (Å²) < 4.78 is 0. The second-order valence-electron chi connectivity index (χ2n) is 5.82. The van der Waals surface area contributed by atoms with E-state index in [1.165, 1.54) is 43.5 Å². The fourth-order valence-corrected chi connectivity index (χ4v) is 2.87. The molecule has 1 fully saturated rings. The molecule has 0 amide bonds. The molecule has 1 heterocycles. The van der Waals surface area contributed by atoms with Crippen molar-refractivity contribution < 1.29 is 0 Å². The van der Waals surface area contributed by atoms with Gasteiger partial charge in [-0.3, -0.25) is 0 Å². The molecule has 2 heteroatoms. The third kappa shape index (κ3) is 3.56. The number of benzene rings is 1. The van der Waals surface area contributed by atoms with Gasteiger partial charge in [-0.2, -0.15) is 0 Å². The smallest absolute Gasteiger partial charge is 0.0344 e. The molecular weight excluding hydrogens is 220 g/mol. The summed E-state index contributed by atoms with van der Waals surface area (Å²) in [6.45, 7) is 4.54. The van der Waals surface area contributed by atoms with Crippen molar-refractivity contribution in [3.63, 3.8) is 0 Å². The van der Waals surface area contributed by atoms with Crippen LogP contribution in [0.3, 0.4) is 0 Å². The molecule has 100 valence electrons. The Bertz CT molecular complexity index is 350. The van der Waals surface area contributed by atoms with Crippen LogP contribution in [0.1, 0.15) is 36.4 Å². The number of hydrogen-bond acceptors (Lipinski definition) is 2. The minimum Gasteiger partial charge on any atom is -0.317 e. The van der Waals surface area contributed by atoms with Crippen molar-refractivity contribution in [3.05, 3.63) is 35.4 Å². The first-order valence-corrected chi connectivity index (χ1v) is 7.10. The van der Waals surface area contributed by atoms with Crippen LogP contribution in [0.25, 0.3) is 0 Å². The molecule has 1 aromatic carbocycles. The Morgan fingerprint density at radius 3 is 2.33 bits per heavy atom. The van der Waals surface area contributed by atoms with Crippen molar-refractivity contribution in [2.45, 2.75) is 32.2 Å². The monoisotopic (exact) mass is 246 g/mol. The van der Waals surface area contributed by atoms with Gasteiger partial charge < -0.3 is 10.2 Å². The third-order valence-electron chi connectivity index (χ3n) is 4.10. The first-order chi connectivity index (χ1) is 8.66. The minimum atomic E-state index is 0.564. The van der Waals surface area contributed by atoms with Crippen molar-refractivity contribution in [2.75, 3.05) is 27.2 Å². The number of nitrogens with zero attached hydrogens (tertiary/aromatic N) is 1. The molecule has 0 spiro atoms. The molecular formula is C16H26N2. The van der Waals surface area contributed by atoms with Gasteiger partial charge in [0.25, 0.3) is 0 Å². The van der Waals surface area contributed by atoms with E-state index in [4.69, 9.17) is 0 Å². The van der Waals surface area contributed by atoms with Gasteiger partial charge in [0.05, 0.1) is 0 Å². The summed E-state index contributed by atoms with van der Waals surface area (Å²) in [7, 11) is 4.40. The van der Waals surface area contributed by atoms with E-state index in [0.717, 1.165) is 5.92 Å². The number of hydrogen-bond donors (Lipinski definition) is 1. The van der Waals surface area contributed by atoms with Gasteiger partial charge in [0.15, 0.2) is 0 Å². The predicted molar refractivity (Wildman–Crippen MR) is 77.8 cm³/mol. The zero-order valence-electron chi connectivity index (χ0n) is 11.9. The summed E-state index contributed by atoms with van der Waals surface area (Å²) in [6.07, 6.45) is 3.95. The lowest BCUT2D eigenvalue weighted by atomic mass is 9.88.